The molecule has 0 spiro atoms. The summed E-state index contributed by atoms with van der Waals surface area (Å²) >= 11 is 1.82. The van der Waals surface area contributed by atoms with E-state index in [0.29, 0.717) is 5.92 Å². The second kappa shape index (κ2) is 8.11. The van der Waals surface area contributed by atoms with Gasteiger partial charge in [-0.05, 0) is 38.0 Å². The first kappa shape index (κ1) is 18.1. The van der Waals surface area contributed by atoms with E-state index in [2.05, 4.69) is 13.8 Å². The van der Waals surface area contributed by atoms with Crippen LogP contribution in [0.1, 0.15) is 65.2 Å². The lowest BCUT2D eigenvalue weighted by Gasteiger charge is -2.35. The van der Waals surface area contributed by atoms with Gasteiger partial charge in [0.2, 0.25) is 11.8 Å². The predicted octanol–water partition coefficient (Wildman–Crippen LogP) is 3.51. The minimum Gasteiger partial charge on any atom is -0.341 e. The molecule has 1 aliphatic carbocycles. The molecular formula is C19H32N2O2S. The van der Waals surface area contributed by atoms with Gasteiger partial charge < -0.3 is 9.80 Å². The Morgan fingerprint density at radius 3 is 2.29 bits per heavy atom. The minimum absolute atomic E-state index is 0.154. The van der Waals surface area contributed by atoms with Crippen LogP contribution in [0.25, 0.3) is 0 Å². The molecule has 5 heteroatoms. The molecule has 3 aliphatic rings. The molecule has 2 amide bonds. The van der Waals surface area contributed by atoms with Crippen molar-refractivity contribution in [3.05, 3.63) is 0 Å². The van der Waals surface area contributed by atoms with Gasteiger partial charge >= 0.3 is 0 Å². The van der Waals surface area contributed by atoms with Crippen LogP contribution in [0.3, 0.4) is 0 Å². The highest BCUT2D eigenvalue weighted by atomic mass is 32.2. The van der Waals surface area contributed by atoms with Gasteiger partial charge in [0.1, 0.15) is 6.04 Å². The first-order valence-corrected chi connectivity index (χ1v) is 10.9. The molecule has 1 saturated carbocycles. The summed E-state index contributed by atoms with van der Waals surface area (Å²) in [5.41, 5.74) is 0. The maximum atomic E-state index is 13.3. The second-order valence-corrected chi connectivity index (χ2v) is 9.26. The zero-order valence-electron chi connectivity index (χ0n) is 15.2. The Morgan fingerprint density at radius 1 is 1.00 bits per heavy atom. The van der Waals surface area contributed by atoms with Crippen molar-refractivity contribution >= 4 is 23.6 Å². The van der Waals surface area contributed by atoms with Crippen molar-refractivity contribution in [1.29, 1.82) is 0 Å². The fourth-order valence-electron chi connectivity index (χ4n) is 4.34. The number of nitrogens with zero attached hydrogens (tertiary/aromatic N) is 2. The van der Waals surface area contributed by atoms with Crippen LogP contribution in [-0.4, -0.2) is 51.9 Å². The van der Waals surface area contributed by atoms with Crippen molar-refractivity contribution in [3.63, 3.8) is 0 Å². The minimum atomic E-state index is -0.216. The van der Waals surface area contributed by atoms with E-state index in [9.17, 15) is 9.59 Å². The number of carbonyl (C=O) groups excluding carboxylic acids is 2. The molecule has 3 fully saturated rings. The first-order valence-electron chi connectivity index (χ1n) is 9.80. The van der Waals surface area contributed by atoms with Gasteiger partial charge in [0.15, 0.2) is 0 Å². The van der Waals surface area contributed by atoms with Gasteiger partial charge in [0, 0.05) is 24.8 Å². The Hall–Kier alpha value is -0.710. The van der Waals surface area contributed by atoms with Crippen LogP contribution in [0.2, 0.25) is 0 Å². The fourth-order valence-corrected chi connectivity index (χ4v) is 5.98. The molecule has 24 heavy (non-hydrogen) atoms. The maximum absolute atomic E-state index is 13.3. The first-order chi connectivity index (χ1) is 11.6. The van der Waals surface area contributed by atoms with E-state index in [4.69, 9.17) is 0 Å². The summed E-state index contributed by atoms with van der Waals surface area (Å²) < 4.78 is 0. The summed E-state index contributed by atoms with van der Waals surface area (Å²) in [6, 6.07) is -0.216. The molecule has 2 atom stereocenters. The molecule has 0 N–H and O–H groups in total. The van der Waals surface area contributed by atoms with Crippen molar-refractivity contribution < 1.29 is 9.59 Å². The summed E-state index contributed by atoms with van der Waals surface area (Å²) in [7, 11) is 0. The molecule has 0 aromatic heterocycles. The Bertz CT molecular complexity index is 456. The van der Waals surface area contributed by atoms with Gasteiger partial charge in [-0.1, -0.05) is 33.1 Å². The maximum Gasteiger partial charge on any atom is 0.246 e. The number of rotatable bonds is 4. The Balaban J connectivity index is 1.75. The molecule has 2 heterocycles. The van der Waals surface area contributed by atoms with Gasteiger partial charge in [0.05, 0.1) is 5.37 Å². The molecule has 136 valence electrons. The second-order valence-electron chi connectivity index (χ2n) is 8.05. The lowest BCUT2D eigenvalue weighted by molar-refractivity contribution is -0.147. The van der Waals surface area contributed by atoms with Crippen LogP contribution in [0.15, 0.2) is 0 Å². The van der Waals surface area contributed by atoms with Crippen molar-refractivity contribution in [3.8, 4) is 0 Å². The number of hydrogen-bond donors (Lipinski definition) is 0. The Morgan fingerprint density at radius 2 is 1.67 bits per heavy atom. The van der Waals surface area contributed by atoms with E-state index >= 15 is 0 Å². The van der Waals surface area contributed by atoms with Crippen LogP contribution < -0.4 is 0 Å². The molecule has 0 aromatic rings. The van der Waals surface area contributed by atoms with E-state index in [1.807, 2.05) is 21.6 Å². The largest absolute Gasteiger partial charge is 0.341 e. The van der Waals surface area contributed by atoms with Crippen molar-refractivity contribution in [2.45, 2.75) is 76.6 Å². The standard InChI is InChI=1S/C19H32N2O2S/c1-14(2)12-17-21(18(22)15-8-4-3-5-9-15)16(13-24-17)19(23)20-10-6-7-11-20/h14-17H,3-13H2,1-2H3. The molecule has 2 aliphatic heterocycles. The Labute approximate surface area is 150 Å². The van der Waals surface area contributed by atoms with E-state index in [-0.39, 0.29) is 29.1 Å². The highest BCUT2D eigenvalue weighted by molar-refractivity contribution is 8.00. The lowest BCUT2D eigenvalue weighted by atomic mass is 9.87. The number of likely N-dealkylation sites (tertiary alicyclic amines) is 1. The summed E-state index contributed by atoms with van der Waals surface area (Å²) in [6.45, 7) is 6.17. The summed E-state index contributed by atoms with van der Waals surface area (Å²) in [4.78, 5) is 30.3. The summed E-state index contributed by atoms with van der Waals surface area (Å²) in [5, 5.41) is 0.191. The molecular weight excluding hydrogens is 320 g/mol. The van der Waals surface area contributed by atoms with Crippen LogP contribution in [0.4, 0.5) is 0 Å². The molecule has 0 radical (unpaired) electrons. The van der Waals surface area contributed by atoms with Gasteiger partial charge in [-0.3, -0.25) is 9.59 Å². The third-order valence-electron chi connectivity index (χ3n) is 5.68. The van der Waals surface area contributed by atoms with Crippen molar-refractivity contribution in [2.24, 2.45) is 11.8 Å². The third-order valence-corrected chi connectivity index (χ3v) is 6.99. The van der Waals surface area contributed by atoms with E-state index in [1.54, 1.807) is 0 Å². The topological polar surface area (TPSA) is 40.6 Å². The fraction of sp³-hybridized carbons (Fsp3) is 0.895. The van der Waals surface area contributed by atoms with Crippen LogP contribution in [-0.2, 0) is 9.59 Å². The molecule has 4 nitrogen and oxygen atoms in total. The van der Waals surface area contributed by atoms with Gasteiger partial charge in [-0.2, -0.15) is 0 Å². The number of amides is 2. The van der Waals surface area contributed by atoms with E-state index in [0.717, 1.165) is 63.8 Å². The number of thioether (sulfide) groups is 1. The summed E-state index contributed by atoms with van der Waals surface area (Å²) in [6.07, 6.45) is 8.82. The predicted molar refractivity (Wildman–Crippen MR) is 98.7 cm³/mol. The summed E-state index contributed by atoms with van der Waals surface area (Å²) in [5.74, 6) is 1.95. The highest BCUT2D eigenvalue weighted by Gasteiger charge is 2.45. The van der Waals surface area contributed by atoms with Gasteiger partial charge in [0.25, 0.3) is 0 Å². The molecule has 0 aromatic carbocycles. The van der Waals surface area contributed by atoms with Crippen LogP contribution in [0.5, 0.6) is 0 Å². The quantitative estimate of drug-likeness (QED) is 0.777. The molecule has 2 saturated heterocycles. The van der Waals surface area contributed by atoms with Crippen LogP contribution in [0, 0.1) is 11.8 Å². The smallest absolute Gasteiger partial charge is 0.246 e. The zero-order valence-corrected chi connectivity index (χ0v) is 16.0. The Kier molecular flexibility index (Phi) is 6.12. The van der Waals surface area contributed by atoms with Gasteiger partial charge in [-0.15, -0.1) is 11.8 Å². The highest BCUT2D eigenvalue weighted by Crippen LogP contribution is 2.37. The lowest BCUT2D eigenvalue weighted by Crippen LogP contribution is -2.52. The van der Waals surface area contributed by atoms with E-state index in [1.165, 1.54) is 6.42 Å². The average molecular weight is 353 g/mol. The van der Waals surface area contributed by atoms with Crippen molar-refractivity contribution in [1.82, 2.24) is 9.80 Å². The molecule has 0 bridgehead atoms. The normalized spacial score (nSPS) is 28.8. The van der Waals surface area contributed by atoms with Crippen LogP contribution >= 0.6 is 11.8 Å². The molecule has 3 rings (SSSR count). The third kappa shape index (κ3) is 3.92. The number of hydrogen-bond acceptors (Lipinski definition) is 3. The van der Waals surface area contributed by atoms with Crippen molar-refractivity contribution in [2.75, 3.05) is 18.8 Å². The number of carbonyl (C=O) groups is 2. The SMILES string of the molecule is CC(C)CC1SCC(C(=O)N2CCCC2)N1C(=O)C1CCCCC1. The monoisotopic (exact) mass is 352 g/mol. The van der Waals surface area contributed by atoms with Gasteiger partial charge in [-0.25, -0.2) is 0 Å². The zero-order chi connectivity index (χ0) is 17.1. The average Bonchev–Trinajstić information content (AvgIpc) is 3.24. The van der Waals surface area contributed by atoms with E-state index < -0.39 is 0 Å². The molecule has 2 unspecified atom stereocenters.